The number of amides is 2. The van der Waals surface area contributed by atoms with Gasteiger partial charge in [-0.2, -0.15) is 0 Å². The van der Waals surface area contributed by atoms with Gasteiger partial charge in [0.05, 0.1) is 18.5 Å². The normalized spacial score (nSPS) is 10.2. The predicted octanol–water partition coefficient (Wildman–Crippen LogP) is 5.53. The van der Waals surface area contributed by atoms with E-state index in [4.69, 9.17) is 9.47 Å². The Hall–Kier alpha value is -3.54. The van der Waals surface area contributed by atoms with Crippen molar-refractivity contribution in [3.63, 3.8) is 0 Å². The monoisotopic (exact) mass is 377 g/mol. The standard InChI is InChI=1S/C22H23N3O3/c1-4-27-19-10-7-17(8-11-19)24-22(26)25-18-9-12-21(23-14-18)28-20-13-15(2)5-6-16(20)3/h5-14H,4H2,1-3H3,(H2,24,25,26). The zero-order chi connectivity index (χ0) is 19.9. The van der Waals surface area contributed by atoms with Gasteiger partial charge in [0.2, 0.25) is 5.88 Å². The highest BCUT2D eigenvalue weighted by Gasteiger charge is 2.06. The molecule has 0 radical (unpaired) electrons. The van der Waals surface area contributed by atoms with Crippen molar-refractivity contribution in [2.24, 2.45) is 0 Å². The maximum absolute atomic E-state index is 12.1. The fourth-order valence-electron chi connectivity index (χ4n) is 2.54. The van der Waals surface area contributed by atoms with Gasteiger partial charge in [-0.3, -0.25) is 0 Å². The summed E-state index contributed by atoms with van der Waals surface area (Å²) in [6.45, 7) is 6.51. The third-order valence-corrected chi connectivity index (χ3v) is 3.98. The largest absolute Gasteiger partial charge is 0.494 e. The third kappa shape index (κ3) is 5.23. The first-order valence-corrected chi connectivity index (χ1v) is 9.05. The molecule has 3 aromatic rings. The molecule has 0 saturated carbocycles. The molecule has 2 amide bonds. The van der Waals surface area contributed by atoms with Gasteiger partial charge in [-0.15, -0.1) is 0 Å². The van der Waals surface area contributed by atoms with E-state index in [9.17, 15) is 4.79 Å². The number of nitrogens with one attached hydrogen (secondary N) is 2. The predicted molar refractivity (Wildman–Crippen MR) is 110 cm³/mol. The molecule has 1 aromatic heterocycles. The van der Waals surface area contributed by atoms with Crippen molar-refractivity contribution in [3.05, 3.63) is 71.9 Å². The summed E-state index contributed by atoms with van der Waals surface area (Å²) in [7, 11) is 0. The summed E-state index contributed by atoms with van der Waals surface area (Å²) in [6, 6.07) is 16.3. The first-order valence-electron chi connectivity index (χ1n) is 9.05. The zero-order valence-corrected chi connectivity index (χ0v) is 16.2. The molecule has 2 N–H and O–H groups in total. The SMILES string of the molecule is CCOc1ccc(NC(=O)Nc2ccc(Oc3cc(C)ccc3C)nc2)cc1. The quantitative estimate of drug-likeness (QED) is 0.592. The van der Waals surface area contributed by atoms with Crippen LogP contribution < -0.4 is 20.1 Å². The Morgan fingerprint density at radius 3 is 2.36 bits per heavy atom. The van der Waals surface area contributed by atoms with E-state index in [-0.39, 0.29) is 6.03 Å². The fraction of sp³-hybridized carbons (Fsp3) is 0.182. The van der Waals surface area contributed by atoms with Crippen LogP contribution in [0.4, 0.5) is 16.2 Å². The number of benzene rings is 2. The van der Waals surface area contributed by atoms with Crippen LogP contribution in [-0.4, -0.2) is 17.6 Å². The average molecular weight is 377 g/mol. The number of ether oxygens (including phenoxy) is 2. The fourth-order valence-corrected chi connectivity index (χ4v) is 2.54. The van der Waals surface area contributed by atoms with Crippen LogP contribution in [-0.2, 0) is 0 Å². The molecule has 6 heteroatoms. The minimum absolute atomic E-state index is 0.353. The second-order valence-corrected chi connectivity index (χ2v) is 6.29. The first kappa shape index (κ1) is 19.2. The molecule has 28 heavy (non-hydrogen) atoms. The highest BCUT2D eigenvalue weighted by Crippen LogP contribution is 2.25. The van der Waals surface area contributed by atoms with E-state index in [0.29, 0.717) is 23.9 Å². The number of aromatic nitrogens is 1. The van der Waals surface area contributed by atoms with Crippen molar-refractivity contribution >= 4 is 17.4 Å². The van der Waals surface area contributed by atoms with Crippen molar-refractivity contribution in [1.82, 2.24) is 4.98 Å². The second-order valence-electron chi connectivity index (χ2n) is 6.29. The van der Waals surface area contributed by atoms with E-state index >= 15 is 0 Å². The Balaban J connectivity index is 1.57. The van der Waals surface area contributed by atoms with E-state index < -0.39 is 0 Å². The molecule has 0 unspecified atom stereocenters. The lowest BCUT2D eigenvalue weighted by Gasteiger charge is -2.10. The Labute approximate surface area is 164 Å². The van der Waals surface area contributed by atoms with Gasteiger partial charge < -0.3 is 20.1 Å². The number of anilines is 2. The highest BCUT2D eigenvalue weighted by molar-refractivity contribution is 5.99. The number of carbonyl (C=O) groups is 1. The zero-order valence-electron chi connectivity index (χ0n) is 16.2. The van der Waals surface area contributed by atoms with Gasteiger partial charge in [0.25, 0.3) is 0 Å². The van der Waals surface area contributed by atoms with E-state index in [2.05, 4.69) is 15.6 Å². The minimum atomic E-state index is -0.353. The molecule has 0 bridgehead atoms. The van der Waals surface area contributed by atoms with Gasteiger partial charge in [0.1, 0.15) is 11.5 Å². The molecule has 6 nitrogen and oxygen atoms in total. The maximum atomic E-state index is 12.1. The van der Waals surface area contributed by atoms with E-state index in [1.807, 2.05) is 39.0 Å². The van der Waals surface area contributed by atoms with E-state index in [1.54, 1.807) is 42.6 Å². The summed E-state index contributed by atoms with van der Waals surface area (Å²) in [6.07, 6.45) is 1.55. The number of pyridine rings is 1. The van der Waals surface area contributed by atoms with Crippen molar-refractivity contribution in [2.75, 3.05) is 17.2 Å². The van der Waals surface area contributed by atoms with Crippen LogP contribution in [0, 0.1) is 13.8 Å². The Morgan fingerprint density at radius 2 is 1.68 bits per heavy atom. The van der Waals surface area contributed by atoms with Gasteiger partial charge in [-0.25, -0.2) is 9.78 Å². The molecular weight excluding hydrogens is 354 g/mol. The number of hydrogen-bond acceptors (Lipinski definition) is 4. The lowest BCUT2D eigenvalue weighted by molar-refractivity contribution is 0.262. The van der Waals surface area contributed by atoms with Gasteiger partial charge in [0, 0.05) is 11.8 Å². The minimum Gasteiger partial charge on any atom is -0.494 e. The van der Waals surface area contributed by atoms with Crippen LogP contribution in [0.3, 0.4) is 0 Å². The van der Waals surface area contributed by atoms with Crippen LogP contribution in [0.25, 0.3) is 0 Å². The molecule has 0 aliphatic rings. The summed E-state index contributed by atoms with van der Waals surface area (Å²) in [5.41, 5.74) is 3.38. The second kappa shape index (κ2) is 8.90. The smallest absolute Gasteiger partial charge is 0.323 e. The van der Waals surface area contributed by atoms with Crippen molar-refractivity contribution in [1.29, 1.82) is 0 Å². The number of rotatable bonds is 6. The topological polar surface area (TPSA) is 72.5 Å². The van der Waals surface area contributed by atoms with Crippen molar-refractivity contribution in [3.8, 4) is 17.4 Å². The summed E-state index contributed by atoms with van der Waals surface area (Å²) in [5, 5.41) is 5.51. The third-order valence-electron chi connectivity index (χ3n) is 3.98. The number of hydrogen-bond donors (Lipinski definition) is 2. The van der Waals surface area contributed by atoms with Crippen molar-refractivity contribution in [2.45, 2.75) is 20.8 Å². The molecule has 0 aliphatic heterocycles. The summed E-state index contributed by atoms with van der Waals surface area (Å²) in [4.78, 5) is 16.4. The van der Waals surface area contributed by atoms with Gasteiger partial charge >= 0.3 is 6.03 Å². The highest BCUT2D eigenvalue weighted by atomic mass is 16.5. The first-order chi connectivity index (χ1) is 13.5. The van der Waals surface area contributed by atoms with Crippen LogP contribution in [0.5, 0.6) is 17.4 Å². The maximum Gasteiger partial charge on any atom is 0.323 e. The number of nitrogens with zero attached hydrogens (tertiary/aromatic N) is 1. The lowest BCUT2D eigenvalue weighted by Crippen LogP contribution is -2.19. The van der Waals surface area contributed by atoms with E-state index in [0.717, 1.165) is 22.6 Å². The molecule has 0 atom stereocenters. The summed E-state index contributed by atoms with van der Waals surface area (Å²) < 4.78 is 11.2. The Bertz CT molecular complexity index is 938. The molecule has 3 rings (SSSR count). The van der Waals surface area contributed by atoms with Crippen LogP contribution >= 0.6 is 0 Å². The molecule has 0 saturated heterocycles. The number of urea groups is 1. The summed E-state index contributed by atoms with van der Waals surface area (Å²) in [5.74, 6) is 1.99. The molecule has 0 fully saturated rings. The van der Waals surface area contributed by atoms with E-state index in [1.165, 1.54) is 0 Å². The molecule has 0 aliphatic carbocycles. The van der Waals surface area contributed by atoms with Gasteiger partial charge in [-0.05, 0) is 68.3 Å². The molecule has 144 valence electrons. The Kier molecular flexibility index (Phi) is 6.11. The lowest BCUT2D eigenvalue weighted by atomic mass is 10.1. The van der Waals surface area contributed by atoms with Gasteiger partial charge in [0.15, 0.2) is 0 Å². The molecule has 1 heterocycles. The molecule has 2 aromatic carbocycles. The van der Waals surface area contributed by atoms with Crippen molar-refractivity contribution < 1.29 is 14.3 Å². The molecular formula is C22H23N3O3. The molecule has 0 spiro atoms. The van der Waals surface area contributed by atoms with Crippen LogP contribution in [0.1, 0.15) is 18.1 Å². The Morgan fingerprint density at radius 1 is 0.964 bits per heavy atom. The van der Waals surface area contributed by atoms with Gasteiger partial charge in [-0.1, -0.05) is 12.1 Å². The number of carbonyl (C=O) groups excluding carboxylic acids is 1. The number of aryl methyl sites for hydroxylation is 2. The summed E-state index contributed by atoms with van der Waals surface area (Å²) >= 11 is 0. The van der Waals surface area contributed by atoms with Crippen LogP contribution in [0.15, 0.2) is 60.8 Å². The average Bonchev–Trinajstić information content (AvgIpc) is 2.68. The van der Waals surface area contributed by atoms with Crippen LogP contribution in [0.2, 0.25) is 0 Å².